The van der Waals surface area contributed by atoms with Crippen molar-refractivity contribution in [1.82, 2.24) is 0 Å². The van der Waals surface area contributed by atoms with Crippen molar-refractivity contribution in [3.05, 3.63) is 0 Å². The predicted octanol–water partition coefficient (Wildman–Crippen LogP) is 6.42. The highest BCUT2D eigenvalue weighted by Crippen LogP contribution is 2.64. The third-order valence-corrected chi connectivity index (χ3v) is 4.90. The molecule has 35 heavy (non-hydrogen) atoms. The van der Waals surface area contributed by atoms with Gasteiger partial charge in [0.05, 0.1) is 26.2 Å². The Balaban J connectivity index is 6.13. The zero-order chi connectivity index (χ0) is 28.5. The molecule has 0 aliphatic carbocycles. The van der Waals surface area contributed by atoms with Crippen LogP contribution in [-0.4, -0.2) is 83.8 Å². The Bertz CT molecular complexity index is 691. The summed E-state index contributed by atoms with van der Waals surface area (Å²) in [7, 11) is 0. The summed E-state index contributed by atoms with van der Waals surface area (Å²) in [4.78, 5) is 0. The molecule has 0 aliphatic rings. The maximum atomic E-state index is 13.6. The molecule has 1 atom stereocenters. The fourth-order valence-electron chi connectivity index (χ4n) is 1.99. The molecule has 1 unspecified atom stereocenters. The molecular formula is C14H12F18O2S. The van der Waals surface area contributed by atoms with Gasteiger partial charge < -0.3 is 9.84 Å². The molecule has 0 amide bonds. The van der Waals surface area contributed by atoms with E-state index in [4.69, 9.17) is 5.11 Å². The van der Waals surface area contributed by atoms with Crippen LogP contribution < -0.4 is 0 Å². The van der Waals surface area contributed by atoms with Gasteiger partial charge in [-0.15, -0.1) is 11.8 Å². The number of hydrogen-bond acceptors (Lipinski definition) is 3. The van der Waals surface area contributed by atoms with E-state index in [2.05, 4.69) is 4.74 Å². The van der Waals surface area contributed by atoms with Crippen LogP contribution in [0, 0.1) is 0 Å². The number of ether oxygens (including phenoxy) is 1. The summed E-state index contributed by atoms with van der Waals surface area (Å²) in [6.45, 7) is -1.55. The van der Waals surface area contributed by atoms with Crippen molar-refractivity contribution < 1.29 is 88.9 Å². The summed E-state index contributed by atoms with van der Waals surface area (Å²) in [6, 6.07) is 0. The van der Waals surface area contributed by atoms with E-state index < -0.39 is 90.3 Å². The summed E-state index contributed by atoms with van der Waals surface area (Å²) < 4.78 is 240. The molecule has 0 aliphatic heterocycles. The molecule has 21 heteroatoms. The molecule has 0 saturated carbocycles. The van der Waals surface area contributed by atoms with Gasteiger partial charge in [-0.2, -0.15) is 74.6 Å². The zero-order valence-corrected chi connectivity index (χ0v) is 17.0. The number of aliphatic hydroxyl groups excluding tert-OH is 1. The minimum Gasteiger partial charge on any atom is -0.394 e. The highest BCUT2D eigenvalue weighted by molar-refractivity contribution is 7.99. The minimum absolute atomic E-state index is 0.390. The molecule has 1 N–H and O–H groups in total. The van der Waals surface area contributed by atoms with Gasteiger partial charge in [0, 0.05) is 5.75 Å². The zero-order valence-electron chi connectivity index (χ0n) is 16.2. The van der Waals surface area contributed by atoms with E-state index in [1.165, 1.54) is 0 Å². The number of rotatable bonds is 14. The van der Waals surface area contributed by atoms with Gasteiger partial charge in [0.1, 0.15) is 0 Å². The lowest BCUT2D eigenvalue weighted by atomic mass is 9.88. The Morgan fingerprint density at radius 1 is 0.571 bits per heavy atom. The van der Waals surface area contributed by atoms with E-state index in [1.807, 2.05) is 0 Å². The number of thioether (sulfide) groups is 1. The normalized spacial score (nSPS) is 16.5. The average molecular weight is 586 g/mol. The maximum absolute atomic E-state index is 13.6. The van der Waals surface area contributed by atoms with Gasteiger partial charge in [-0.05, 0) is 0 Å². The maximum Gasteiger partial charge on any atom is 0.460 e. The molecule has 0 aromatic rings. The first-order chi connectivity index (χ1) is 15.2. The van der Waals surface area contributed by atoms with Crippen LogP contribution in [-0.2, 0) is 4.74 Å². The van der Waals surface area contributed by atoms with Crippen LogP contribution in [0.5, 0.6) is 0 Å². The summed E-state index contributed by atoms with van der Waals surface area (Å²) in [5, 5.41) is 8.33. The second-order valence-electron chi connectivity index (χ2n) is 6.47. The van der Waals surface area contributed by atoms with Gasteiger partial charge in [0.2, 0.25) is 0 Å². The third kappa shape index (κ3) is 5.80. The van der Waals surface area contributed by atoms with Gasteiger partial charge in [-0.1, -0.05) is 0 Å². The van der Waals surface area contributed by atoms with Gasteiger partial charge in [-0.25, -0.2) is 4.39 Å². The van der Waals surface area contributed by atoms with E-state index >= 15 is 0 Å². The molecule has 0 aromatic carbocycles. The molecule has 0 radical (unpaired) electrons. The fraction of sp³-hybridized carbons (Fsp3) is 1.00. The molecule has 0 rings (SSSR count). The van der Waals surface area contributed by atoms with Crippen molar-refractivity contribution in [2.24, 2.45) is 0 Å². The second kappa shape index (κ2) is 10.4. The molecule has 0 fully saturated rings. The number of alkyl halides is 18. The molecule has 0 spiro atoms. The molecule has 2 nitrogen and oxygen atoms in total. The Hall–Kier alpha value is -0.990. The summed E-state index contributed by atoms with van der Waals surface area (Å²) >= 11 is -0.408. The van der Waals surface area contributed by atoms with Crippen LogP contribution in [0.3, 0.4) is 0 Å². The van der Waals surface area contributed by atoms with E-state index in [0.717, 1.165) is 0 Å². The fourth-order valence-corrected chi connectivity index (χ4v) is 2.78. The quantitative estimate of drug-likeness (QED) is 0.188. The molecular weight excluding hydrogens is 574 g/mol. The van der Waals surface area contributed by atoms with Crippen molar-refractivity contribution in [1.29, 1.82) is 0 Å². The van der Waals surface area contributed by atoms with Crippen LogP contribution in [0.1, 0.15) is 6.42 Å². The minimum atomic E-state index is -8.71. The topological polar surface area (TPSA) is 29.5 Å². The first kappa shape index (κ1) is 34.0. The molecule has 212 valence electrons. The van der Waals surface area contributed by atoms with Gasteiger partial charge in [0.25, 0.3) is 0 Å². The van der Waals surface area contributed by atoms with Gasteiger partial charge in [-0.3, -0.25) is 0 Å². The van der Waals surface area contributed by atoms with E-state index in [-0.39, 0.29) is 6.61 Å². The SMILES string of the molecule is OCCOCCSC(F)CC(F)(F)C(F)(F)C(F)(F)C(F)(F)C(F)(F)C(F)(F)C(F)(F)C(F)(F)F. The smallest absolute Gasteiger partial charge is 0.394 e. The Kier molecular flexibility index (Phi) is 10.1. The Labute approximate surface area is 186 Å². The van der Waals surface area contributed by atoms with Crippen molar-refractivity contribution in [2.75, 3.05) is 25.6 Å². The average Bonchev–Trinajstić information content (AvgIpc) is 2.65. The van der Waals surface area contributed by atoms with Crippen molar-refractivity contribution in [3.8, 4) is 0 Å². The summed E-state index contributed by atoms with van der Waals surface area (Å²) in [6.07, 6.45) is -11.0. The lowest BCUT2D eigenvalue weighted by molar-refractivity contribution is -0.461. The largest absolute Gasteiger partial charge is 0.460 e. The second-order valence-corrected chi connectivity index (χ2v) is 7.72. The van der Waals surface area contributed by atoms with E-state index in [9.17, 15) is 79.0 Å². The summed E-state index contributed by atoms with van der Waals surface area (Å²) in [5.41, 5.74) is -3.35. The van der Waals surface area contributed by atoms with Gasteiger partial charge in [0.15, 0.2) is 5.50 Å². The molecule has 0 saturated heterocycles. The van der Waals surface area contributed by atoms with Crippen molar-refractivity contribution in [2.45, 2.75) is 59.6 Å². The van der Waals surface area contributed by atoms with Crippen LogP contribution in [0.15, 0.2) is 0 Å². The standard InChI is InChI=1S/C14H12F18O2S/c15-6(35-4-3-34-2-1-33)5-7(16,17)8(18,19)9(20,21)10(22,23)11(24,25)12(26,27)13(28,29)14(30,31)32/h6,33H,1-5H2. The van der Waals surface area contributed by atoms with E-state index in [1.54, 1.807) is 0 Å². The number of hydrogen-bond donors (Lipinski definition) is 1. The van der Waals surface area contributed by atoms with Gasteiger partial charge >= 0.3 is 47.6 Å². The number of aliphatic hydroxyl groups is 1. The first-order valence-corrected chi connectivity index (χ1v) is 9.41. The lowest BCUT2D eigenvalue weighted by Crippen LogP contribution is -2.74. The van der Waals surface area contributed by atoms with Crippen LogP contribution in [0.2, 0.25) is 0 Å². The van der Waals surface area contributed by atoms with Crippen molar-refractivity contribution >= 4 is 11.8 Å². The van der Waals surface area contributed by atoms with Crippen LogP contribution in [0.25, 0.3) is 0 Å². The summed E-state index contributed by atoms with van der Waals surface area (Å²) in [5.74, 6) is -58.0. The lowest BCUT2D eigenvalue weighted by Gasteiger charge is -2.42. The van der Waals surface area contributed by atoms with Crippen LogP contribution >= 0.6 is 11.8 Å². The highest BCUT2D eigenvalue weighted by Gasteiger charge is 2.95. The Morgan fingerprint density at radius 2 is 0.943 bits per heavy atom. The highest BCUT2D eigenvalue weighted by atomic mass is 32.2. The predicted molar refractivity (Wildman–Crippen MR) is 80.6 cm³/mol. The van der Waals surface area contributed by atoms with Crippen LogP contribution in [0.4, 0.5) is 79.0 Å². The third-order valence-electron chi connectivity index (χ3n) is 3.97. The molecule has 0 aromatic heterocycles. The Morgan fingerprint density at radius 3 is 1.31 bits per heavy atom. The molecule has 0 bridgehead atoms. The van der Waals surface area contributed by atoms with E-state index in [0.29, 0.717) is 0 Å². The monoisotopic (exact) mass is 586 g/mol. The number of halogens is 18. The van der Waals surface area contributed by atoms with Crippen molar-refractivity contribution in [3.63, 3.8) is 0 Å². The first-order valence-electron chi connectivity index (χ1n) is 8.36. The molecule has 0 heterocycles.